The second-order valence-corrected chi connectivity index (χ2v) is 7.97. The summed E-state index contributed by atoms with van der Waals surface area (Å²) in [5, 5.41) is 10.9. The van der Waals surface area contributed by atoms with Crippen molar-refractivity contribution in [1.82, 2.24) is 9.80 Å². The Morgan fingerprint density at radius 3 is 2.13 bits per heavy atom. The summed E-state index contributed by atoms with van der Waals surface area (Å²) >= 11 is 0. The van der Waals surface area contributed by atoms with Crippen LogP contribution in [-0.4, -0.2) is 58.5 Å². The molecule has 5 heteroatoms. The zero-order valence-electron chi connectivity index (χ0n) is 14.4. The van der Waals surface area contributed by atoms with Gasteiger partial charge in [-0.1, -0.05) is 19.3 Å². The van der Waals surface area contributed by atoms with E-state index in [1.807, 2.05) is 4.90 Å². The van der Waals surface area contributed by atoms with E-state index in [1.165, 1.54) is 45.4 Å². The molecule has 23 heavy (non-hydrogen) atoms. The molecular weight excluding hydrogens is 292 g/mol. The predicted octanol–water partition coefficient (Wildman–Crippen LogP) is 1.93. The number of carbonyl (C=O) groups excluding carboxylic acids is 2. The van der Waals surface area contributed by atoms with Crippen LogP contribution in [0.1, 0.15) is 64.7 Å². The van der Waals surface area contributed by atoms with Gasteiger partial charge in [-0.15, -0.1) is 0 Å². The van der Waals surface area contributed by atoms with Crippen molar-refractivity contribution in [3.05, 3.63) is 0 Å². The maximum Gasteiger partial charge on any atom is 0.256 e. The second-order valence-electron chi connectivity index (χ2n) is 7.97. The van der Waals surface area contributed by atoms with Gasteiger partial charge in [0.25, 0.3) is 5.91 Å². The Labute approximate surface area is 139 Å². The monoisotopic (exact) mass is 322 g/mol. The Kier molecular flexibility index (Phi) is 4.68. The SMILES string of the molecule is CC(=O)N1CCCC(O)(C(=O)N2CCCC3(CCCCC3)C2)C1. The fraction of sp³-hybridized carbons (Fsp3) is 0.889. The Morgan fingerprint density at radius 2 is 1.43 bits per heavy atom. The molecule has 2 aliphatic heterocycles. The summed E-state index contributed by atoms with van der Waals surface area (Å²) in [4.78, 5) is 28.1. The number of β-amino-alcohol motifs (C(OH)–C–C–N with tert-alkyl or cyclic N) is 1. The lowest BCUT2D eigenvalue weighted by Crippen LogP contribution is -2.61. The molecule has 0 aromatic heterocycles. The van der Waals surface area contributed by atoms with Crippen molar-refractivity contribution in [1.29, 1.82) is 0 Å². The van der Waals surface area contributed by atoms with Crippen LogP contribution in [0, 0.1) is 5.41 Å². The van der Waals surface area contributed by atoms with E-state index in [4.69, 9.17) is 0 Å². The topological polar surface area (TPSA) is 60.9 Å². The number of hydrogen-bond acceptors (Lipinski definition) is 3. The van der Waals surface area contributed by atoms with Crippen LogP contribution in [0.4, 0.5) is 0 Å². The summed E-state index contributed by atoms with van der Waals surface area (Å²) in [7, 11) is 0. The molecule has 0 aromatic rings. The maximum absolute atomic E-state index is 13.0. The Hall–Kier alpha value is -1.10. The lowest BCUT2D eigenvalue weighted by molar-refractivity contribution is -0.163. The molecule has 2 heterocycles. The van der Waals surface area contributed by atoms with Crippen molar-refractivity contribution < 1.29 is 14.7 Å². The normalized spacial score (nSPS) is 31.2. The van der Waals surface area contributed by atoms with Crippen LogP contribution in [0.5, 0.6) is 0 Å². The van der Waals surface area contributed by atoms with Crippen LogP contribution in [0.15, 0.2) is 0 Å². The van der Waals surface area contributed by atoms with Crippen molar-refractivity contribution >= 4 is 11.8 Å². The predicted molar refractivity (Wildman–Crippen MR) is 87.8 cm³/mol. The number of hydrogen-bond donors (Lipinski definition) is 1. The van der Waals surface area contributed by atoms with E-state index in [0.717, 1.165) is 19.5 Å². The van der Waals surface area contributed by atoms with E-state index in [2.05, 4.69) is 0 Å². The van der Waals surface area contributed by atoms with Gasteiger partial charge in [-0.3, -0.25) is 9.59 Å². The first-order valence-electron chi connectivity index (χ1n) is 9.22. The first-order chi connectivity index (χ1) is 10.9. The molecule has 0 bridgehead atoms. The number of nitrogens with zero attached hydrogens (tertiary/aromatic N) is 2. The molecule has 0 aromatic carbocycles. The van der Waals surface area contributed by atoms with E-state index in [1.54, 1.807) is 4.90 Å². The van der Waals surface area contributed by atoms with E-state index in [0.29, 0.717) is 19.4 Å². The highest BCUT2D eigenvalue weighted by Gasteiger charge is 2.46. The van der Waals surface area contributed by atoms with Crippen molar-refractivity contribution in [3.63, 3.8) is 0 Å². The summed E-state index contributed by atoms with van der Waals surface area (Å²) in [6, 6.07) is 0. The van der Waals surface area contributed by atoms with Gasteiger partial charge >= 0.3 is 0 Å². The lowest BCUT2D eigenvalue weighted by atomic mass is 9.69. The highest BCUT2D eigenvalue weighted by molar-refractivity contribution is 5.86. The summed E-state index contributed by atoms with van der Waals surface area (Å²) in [5.41, 5.74) is -1.09. The molecular formula is C18H30N2O3. The molecule has 2 amide bonds. The van der Waals surface area contributed by atoms with E-state index >= 15 is 0 Å². The molecule has 1 spiro atoms. The van der Waals surface area contributed by atoms with Gasteiger partial charge in [-0.2, -0.15) is 0 Å². The van der Waals surface area contributed by atoms with Crippen molar-refractivity contribution in [2.75, 3.05) is 26.2 Å². The quantitative estimate of drug-likeness (QED) is 0.802. The number of likely N-dealkylation sites (tertiary alicyclic amines) is 2. The maximum atomic E-state index is 13.0. The zero-order valence-corrected chi connectivity index (χ0v) is 14.4. The number of amides is 2. The van der Waals surface area contributed by atoms with Gasteiger partial charge in [0.2, 0.25) is 5.91 Å². The highest BCUT2D eigenvalue weighted by Crippen LogP contribution is 2.43. The van der Waals surface area contributed by atoms with Gasteiger partial charge in [0.15, 0.2) is 5.60 Å². The molecule has 3 aliphatic rings. The number of aliphatic hydroxyl groups is 1. The number of piperidine rings is 2. The summed E-state index contributed by atoms with van der Waals surface area (Å²) in [5.74, 6) is -0.202. The van der Waals surface area contributed by atoms with E-state index < -0.39 is 5.60 Å². The molecule has 3 fully saturated rings. The standard InChI is InChI=1S/C18H30N2O3/c1-15(21)19-11-6-10-18(23,14-19)16(22)20-12-5-9-17(13-20)7-3-2-4-8-17/h23H,2-14H2,1H3. The first-order valence-corrected chi connectivity index (χ1v) is 9.22. The molecule has 130 valence electrons. The minimum atomic E-state index is -1.38. The third-order valence-electron chi connectivity index (χ3n) is 6.18. The molecule has 1 atom stereocenters. The van der Waals surface area contributed by atoms with Crippen LogP contribution in [-0.2, 0) is 9.59 Å². The third-order valence-corrected chi connectivity index (χ3v) is 6.18. The number of rotatable bonds is 1. The summed E-state index contributed by atoms with van der Waals surface area (Å²) in [6.45, 7) is 3.87. The lowest BCUT2D eigenvalue weighted by Gasteiger charge is -2.48. The average Bonchev–Trinajstić information content (AvgIpc) is 2.55. The molecule has 2 saturated heterocycles. The van der Waals surface area contributed by atoms with Crippen LogP contribution in [0.3, 0.4) is 0 Å². The molecule has 5 nitrogen and oxygen atoms in total. The van der Waals surface area contributed by atoms with Gasteiger partial charge in [0.1, 0.15) is 0 Å². The summed E-state index contributed by atoms with van der Waals surface area (Å²) in [6.07, 6.45) is 9.71. The largest absolute Gasteiger partial charge is 0.378 e. The molecule has 1 aliphatic carbocycles. The van der Waals surface area contributed by atoms with Crippen molar-refractivity contribution in [3.8, 4) is 0 Å². The van der Waals surface area contributed by atoms with Crippen molar-refractivity contribution in [2.45, 2.75) is 70.3 Å². The second kappa shape index (κ2) is 6.42. The fourth-order valence-corrected chi connectivity index (χ4v) is 4.87. The molecule has 1 saturated carbocycles. The van der Waals surface area contributed by atoms with Crippen LogP contribution in [0.25, 0.3) is 0 Å². The highest BCUT2D eigenvalue weighted by atomic mass is 16.3. The van der Waals surface area contributed by atoms with E-state index in [9.17, 15) is 14.7 Å². The minimum absolute atomic E-state index is 0.0571. The van der Waals surface area contributed by atoms with Gasteiger partial charge in [-0.05, 0) is 43.9 Å². The minimum Gasteiger partial charge on any atom is -0.378 e. The summed E-state index contributed by atoms with van der Waals surface area (Å²) < 4.78 is 0. The van der Waals surface area contributed by atoms with E-state index in [-0.39, 0.29) is 23.8 Å². The number of carbonyl (C=O) groups is 2. The van der Waals surface area contributed by atoms with Crippen LogP contribution >= 0.6 is 0 Å². The van der Waals surface area contributed by atoms with Gasteiger partial charge < -0.3 is 14.9 Å². The smallest absolute Gasteiger partial charge is 0.256 e. The third kappa shape index (κ3) is 3.39. The Balaban J connectivity index is 1.70. The van der Waals surface area contributed by atoms with Crippen LogP contribution < -0.4 is 0 Å². The Bertz CT molecular complexity index is 467. The van der Waals surface area contributed by atoms with Gasteiger partial charge in [-0.25, -0.2) is 0 Å². The molecule has 3 rings (SSSR count). The average molecular weight is 322 g/mol. The molecule has 1 N–H and O–H groups in total. The first kappa shape index (κ1) is 16.7. The fourth-order valence-electron chi connectivity index (χ4n) is 4.87. The zero-order chi connectivity index (χ0) is 16.5. The van der Waals surface area contributed by atoms with Crippen molar-refractivity contribution in [2.24, 2.45) is 5.41 Å². The molecule has 1 unspecified atom stereocenters. The van der Waals surface area contributed by atoms with Gasteiger partial charge in [0, 0.05) is 26.6 Å². The van der Waals surface area contributed by atoms with Crippen LogP contribution in [0.2, 0.25) is 0 Å². The Morgan fingerprint density at radius 1 is 0.826 bits per heavy atom. The van der Waals surface area contributed by atoms with Gasteiger partial charge in [0.05, 0.1) is 6.54 Å². The molecule has 0 radical (unpaired) electrons.